The average molecular weight is 333 g/mol. The van der Waals surface area contributed by atoms with Crippen molar-refractivity contribution in [1.29, 1.82) is 0 Å². The van der Waals surface area contributed by atoms with E-state index < -0.39 is 22.3 Å². The van der Waals surface area contributed by atoms with Crippen LogP contribution in [0.5, 0.6) is 0 Å². The summed E-state index contributed by atoms with van der Waals surface area (Å²) in [5.41, 5.74) is -1.60. The van der Waals surface area contributed by atoms with Gasteiger partial charge in [0.1, 0.15) is 5.54 Å². The second-order valence-corrected chi connectivity index (χ2v) is 6.09. The molecule has 0 spiro atoms. The molecule has 0 fully saturated rings. The standard InChI is InChI=1S/C12H13ClN2O5S/c1-12(2,11(17)18)14-10(16)6-21-9-4-3-7(13)5-8(9)15(19)20/h3-5H,6H2,1-2H3,(H,14,16)(H,17,18). The number of thioether (sulfide) groups is 1. The van der Waals surface area contributed by atoms with Gasteiger partial charge in [-0.2, -0.15) is 0 Å². The molecule has 1 aromatic rings. The van der Waals surface area contributed by atoms with Crippen LogP contribution in [0.25, 0.3) is 0 Å². The molecule has 0 saturated heterocycles. The Morgan fingerprint density at radius 1 is 1.48 bits per heavy atom. The maximum atomic E-state index is 11.7. The Morgan fingerprint density at radius 3 is 2.62 bits per heavy atom. The third-order valence-electron chi connectivity index (χ3n) is 2.46. The number of nitrogens with one attached hydrogen (secondary N) is 1. The van der Waals surface area contributed by atoms with Crippen molar-refractivity contribution < 1.29 is 19.6 Å². The Labute approximate surface area is 129 Å². The van der Waals surface area contributed by atoms with Crippen molar-refractivity contribution in [2.75, 3.05) is 5.75 Å². The Balaban J connectivity index is 2.74. The second-order valence-electron chi connectivity index (χ2n) is 4.64. The molecule has 0 aromatic heterocycles. The van der Waals surface area contributed by atoms with Crippen LogP contribution in [0.3, 0.4) is 0 Å². The van der Waals surface area contributed by atoms with Gasteiger partial charge in [-0.3, -0.25) is 14.9 Å². The molecule has 1 amide bonds. The first-order valence-electron chi connectivity index (χ1n) is 5.74. The van der Waals surface area contributed by atoms with Gasteiger partial charge in [-0.1, -0.05) is 11.6 Å². The smallest absolute Gasteiger partial charge is 0.328 e. The summed E-state index contributed by atoms with van der Waals surface area (Å²) < 4.78 is 0. The van der Waals surface area contributed by atoms with Gasteiger partial charge in [-0.05, 0) is 26.0 Å². The quantitative estimate of drug-likeness (QED) is 0.470. The maximum absolute atomic E-state index is 11.7. The molecule has 21 heavy (non-hydrogen) atoms. The lowest BCUT2D eigenvalue weighted by Crippen LogP contribution is -2.50. The Hall–Kier alpha value is -1.80. The molecule has 0 bridgehead atoms. The van der Waals surface area contributed by atoms with E-state index in [4.69, 9.17) is 16.7 Å². The third kappa shape index (κ3) is 4.91. The fraction of sp³-hybridized carbons (Fsp3) is 0.333. The fourth-order valence-corrected chi connectivity index (χ4v) is 2.31. The van der Waals surface area contributed by atoms with Gasteiger partial charge < -0.3 is 10.4 Å². The first-order valence-corrected chi connectivity index (χ1v) is 7.11. The van der Waals surface area contributed by atoms with E-state index in [0.717, 1.165) is 11.8 Å². The van der Waals surface area contributed by atoms with E-state index >= 15 is 0 Å². The zero-order chi connectivity index (χ0) is 16.2. The van der Waals surface area contributed by atoms with E-state index in [1.165, 1.54) is 32.0 Å². The van der Waals surface area contributed by atoms with Crippen molar-refractivity contribution in [2.45, 2.75) is 24.3 Å². The molecule has 7 nitrogen and oxygen atoms in total. The number of nitrogens with zero attached hydrogens (tertiary/aromatic N) is 1. The molecule has 0 atom stereocenters. The number of benzene rings is 1. The number of halogens is 1. The van der Waals surface area contributed by atoms with Gasteiger partial charge >= 0.3 is 5.97 Å². The van der Waals surface area contributed by atoms with Crippen molar-refractivity contribution in [3.05, 3.63) is 33.3 Å². The fourth-order valence-electron chi connectivity index (χ4n) is 1.34. The Morgan fingerprint density at radius 2 is 2.10 bits per heavy atom. The van der Waals surface area contributed by atoms with Crippen molar-refractivity contribution in [3.63, 3.8) is 0 Å². The zero-order valence-corrected chi connectivity index (χ0v) is 12.8. The lowest BCUT2D eigenvalue weighted by molar-refractivity contribution is -0.387. The number of nitro groups is 1. The van der Waals surface area contributed by atoms with Gasteiger partial charge in [-0.25, -0.2) is 4.79 Å². The molecule has 1 aromatic carbocycles. The van der Waals surface area contributed by atoms with Crippen LogP contribution in [0, 0.1) is 10.1 Å². The van der Waals surface area contributed by atoms with E-state index in [2.05, 4.69) is 5.32 Å². The number of amides is 1. The van der Waals surface area contributed by atoms with Gasteiger partial charge in [0, 0.05) is 11.1 Å². The van der Waals surface area contributed by atoms with Crippen LogP contribution in [0.15, 0.2) is 23.1 Å². The van der Waals surface area contributed by atoms with Gasteiger partial charge in [-0.15, -0.1) is 11.8 Å². The number of hydrogen-bond donors (Lipinski definition) is 2. The highest BCUT2D eigenvalue weighted by Crippen LogP contribution is 2.31. The van der Waals surface area contributed by atoms with Crippen LogP contribution in [0.2, 0.25) is 5.02 Å². The number of rotatable bonds is 6. The lowest BCUT2D eigenvalue weighted by Gasteiger charge is -2.20. The van der Waals surface area contributed by atoms with E-state index in [9.17, 15) is 19.7 Å². The van der Waals surface area contributed by atoms with E-state index in [1.54, 1.807) is 0 Å². The molecule has 0 radical (unpaired) electrons. The van der Waals surface area contributed by atoms with Crippen LogP contribution in [0.4, 0.5) is 5.69 Å². The number of nitro benzene ring substituents is 1. The molecule has 2 N–H and O–H groups in total. The predicted octanol–water partition coefficient (Wildman–Crippen LogP) is 2.32. The number of aliphatic carboxylic acids is 1. The van der Waals surface area contributed by atoms with Crippen LogP contribution < -0.4 is 5.32 Å². The molecule has 1 rings (SSSR count). The molecule has 9 heteroatoms. The Bertz CT molecular complexity index is 591. The normalized spacial score (nSPS) is 11.0. The summed E-state index contributed by atoms with van der Waals surface area (Å²) in [4.78, 5) is 33.2. The SMILES string of the molecule is CC(C)(NC(=O)CSc1ccc(Cl)cc1[N+](=O)[O-])C(=O)O. The summed E-state index contributed by atoms with van der Waals surface area (Å²) in [6, 6.07) is 4.12. The van der Waals surface area contributed by atoms with Crippen molar-refractivity contribution in [3.8, 4) is 0 Å². The molecule has 0 unspecified atom stereocenters. The van der Waals surface area contributed by atoms with Crippen LogP contribution >= 0.6 is 23.4 Å². The van der Waals surface area contributed by atoms with Crippen LogP contribution in [-0.4, -0.2) is 33.2 Å². The summed E-state index contributed by atoms with van der Waals surface area (Å²) in [5, 5.41) is 22.3. The minimum absolute atomic E-state index is 0.140. The highest BCUT2D eigenvalue weighted by atomic mass is 35.5. The van der Waals surface area contributed by atoms with Gasteiger partial charge in [0.2, 0.25) is 5.91 Å². The Kier molecular flexibility index (Phi) is 5.56. The molecular weight excluding hydrogens is 320 g/mol. The molecular formula is C12H13ClN2O5S. The van der Waals surface area contributed by atoms with E-state index in [-0.39, 0.29) is 21.4 Å². The number of carboxylic acids is 1. The largest absolute Gasteiger partial charge is 0.480 e. The van der Waals surface area contributed by atoms with Crippen LogP contribution in [-0.2, 0) is 9.59 Å². The highest BCUT2D eigenvalue weighted by Gasteiger charge is 2.29. The van der Waals surface area contributed by atoms with E-state index in [1.807, 2.05) is 0 Å². The minimum atomic E-state index is -1.40. The number of carbonyl (C=O) groups is 2. The van der Waals surface area contributed by atoms with Crippen molar-refractivity contribution >= 4 is 40.9 Å². The molecule has 0 saturated carbocycles. The van der Waals surface area contributed by atoms with Crippen molar-refractivity contribution in [2.24, 2.45) is 0 Å². The average Bonchev–Trinajstić information content (AvgIpc) is 2.36. The zero-order valence-electron chi connectivity index (χ0n) is 11.3. The number of carbonyl (C=O) groups excluding carboxylic acids is 1. The summed E-state index contributed by atoms with van der Waals surface area (Å²) in [6.45, 7) is 2.70. The molecule has 0 aliphatic rings. The summed E-state index contributed by atoms with van der Waals surface area (Å²) >= 11 is 6.63. The van der Waals surface area contributed by atoms with Gasteiger partial charge in [0.15, 0.2) is 0 Å². The van der Waals surface area contributed by atoms with Gasteiger partial charge in [0.05, 0.1) is 15.6 Å². The number of carboxylic acid groups (broad SMARTS) is 1. The number of hydrogen-bond acceptors (Lipinski definition) is 5. The highest BCUT2D eigenvalue weighted by molar-refractivity contribution is 8.00. The molecule has 0 aliphatic heterocycles. The van der Waals surface area contributed by atoms with E-state index in [0.29, 0.717) is 0 Å². The predicted molar refractivity (Wildman–Crippen MR) is 78.7 cm³/mol. The first-order chi connectivity index (χ1) is 9.63. The van der Waals surface area contributed by atoms with Crippen molar-refractivity contribution in [1.82, 2.24) is 5.32 Å². The summed E-state index contributed by atoms with van der Waals surface area (Å²) in [7, 11) is 0. The molecule has 0 heterocycles. The topological polar surface area (TPSA) is 110 Å². The van der Waals surface area contributed by atoms with Crippen LogP contribution in [0.1, 0.15) is 13.8 Å². The third-order valence-corrected chi connectivity index (χ3v) is 3.76. The minimum Gasteiger partial charge on any atom is -0.480 e. The monoisotopic (exact) mass is 332 g/mol. The van der Waals surface area contributed by atoms with Gasteiger partial charge in [0.25, 0.3) is 5.69 Å². The first kappa shape index (κ1) is 17.3. The summed E-state index contributed by atoms with van der Waals surface area (Å²) in [5.74, 6) is -1.84. The lowest BCUT2D eigenvalue weighted by atomic mass is 10.1. The molecule has 114 valence electrons. The molecule has 0 aliphatic carbocycles. The second kappa shape index (κ2) is 6.77. The summed E-state index contributed by atoms with van der Waals surface area (Å²) in [6.07, 6.45) is 0. The maximum Gasteiger partial charge on any atom is 0.328 e.